The average molecular weight is 287 g/mol. The molecule has 1 aromatic heterocycles. The first-order valence-corrected chi connectivity index (χ1v) is 7.02. The summed E-state index contributed by atoms with van der Waals surface area (Å²) < 4.78 is 1.36. The van der Waals surface area contributed by atoms with Gasteiger partial charge in [0.15, 0.2) is 0 Å². The zero-order valence-electron chi connectivity index (χ0n) is 12.8. The maximum absolute atomic E-state index is 12.2. The fourth-order valence-electron chi connectivity index (χ4n) is 2.21. The minimum absolute atomic E-state index is 0.0735. The Labute approximate surface area is 124 Å². The minimum atomic E-state index is -0.335. The number of benzene rings is 1. The number of aromatic nitrogens is 2. The van der Waals surface area contributed by atoms with E-state index < -0.39 is 0 Å². The van der Waals surface area contributed by atoms with Gasteiger partial charge in [-0.05, 0) is 25.0 Å². The van der Waals surface area contributed by atoms with Gasteiger partial charge in [-0.3, -0.25) is 4.79 Å². The molecule has 0 spiro atoms. The van der Waals surface area contributed by atoms with E-state index in [1.807, 2.05) is 45.9 Å². The van der Waals surface area contributed by atoms with Crippen molar-refractivity contribution in [3.8, 4) is 11.4 Å². The molecule has 0 radical (unpaired) electrons. The van der Waals surface area contributed by atoms with Crippen molar-refractivity contribution in [2.45, 2.75) is 40.3 Å². The van der Waals surface area contributed by atoms with Crippen molar-refractivity contribution < 1.29 is 5.11 Å². The van der Waals surface area contributed by atoms with Crippen LogP contribution in [0, 0.1) is 13.8 Å². The van der Waals surface area contributed by atoms with E-state index in [1.165, 1.54) is 10.7 Å². The van der Waals surface area contributed by atoms with Gasteiger partial charge in [-0.1, -0.05) is 32.0 Å². The monoisotopic (exact) mass is 287 g/mol. The van der Waals surface area contributed by atoms with E-state index in [0.717, 1.165) is 16.8 Å². The molecule has 5 heteroatoms. The molecule has 1 heterocycles. The maximum atomic E-state index is 12.2. The molecule has 0 saturated carbocycles. The summed E-state index contributed by atoms with van der Waals surface area (Å²) in [4.78, 5) is 12.2. The highest BCUT2D eigenvalue weighted by Crippen LogP contribution is 2.18. The van der Waals surface area contributed by atoms with Crippen molar-refractivity contribution in [2.75, 3.05) is 0 Å². The maximum Gasteiger partial charge on any atom is 0.275 e. The van der Waals surface area contributed by atoms with Crippen molar-refractivity contribution in [1.29, 1.82) is 0 Å². The second kappa shape index (κ2) is 6.10. The summed E-state index contributed by atoms with van der Waals surface area (Å²) in [7, 11) is 0. The third-order valence-electron chi connectivity index (χ3n) is 3.31. The molecular weight excluding hydrogens is 266 g/mol. The van der Waals surface area contributed by atoms with Gasteiger partial charge >= 0.3 is 0 Å². The van der Waals surface area contributed by atoms with E-state index >= 15 is 0 Å². The van der Waals surface area contributed by atoms with E-state index in [1.54, 1.807) is 0 Å². The Balaban J connectivity index is 2.54. The quantitative estimate of drug-likeness (QED) is 0.903. The number of hydrogen-bond acceptors (Lipinski definition) is 4. The van der Waals surface area contributed by atoms with Crippen molar-refractivity contribution in [3.05, 3.63) is 51.4 Å². The molecule has 2 aromatic rings. The number of aryl methyl sites for hydroxylation is 2. The predicted octanol–water partition coefficient (Wildman–Crippen LogP) is 2.05. The highest BCUT2D eigenvalue weighted by atomic mass is 16.3. The second-order valence-corrected chi connectivity index (χ2v) is 5.50. The zero-order chi connectivity index (χ0) is 15.6. The van der Waals surface area contributed by atoms with Crippen LogP contribution in [0.5, 0.6) is 5.75 Å². The normalized spacial score (nSPS) is 11.1. The molecule has 2 rings (SSSR count). The summed E-state index contributed by atoms with van der Waals surface area (Å²) in [6.45, 7) is 8.32. The first-order valence-electron chi connectivity index (χ1n) is 7.02. The summed E-state index contributed by atoms with van der Waals surface area (Å²) in [5.41, 5.74) is 2.84. The van der Waals surface area contributed by atoms with E-state index in [0.29, 0.717) is 12.2 Å². The molecule has 1 aromatic carbocycles. The summed E-state index contributed by atoms with van der Waals surface area (Å²) >= 11 is 0. The predicted molar refractivity (Wildman–Crippen MR) is 82.9 cm³/mol. The molecule has 0 aliphatic heterocycles. The standard InChI is InChI=1S/C16H21N3O2/c1-10(2)17-9-13-14(20)8-15(21)19(18-13)16-11(3)6-5-7-12(16)4/h5-8,10,17,20H,9H2,1-4H3. The summed E-state index contributed by atoms with van der Waals surface area (Å²) in [6, 6.07) is 7.31. The van der Waals surface area contributed by atoms with Gasteiger partial charge in [-0.25, -0.2) is 0 Å². The fourth-order valence-corrected chi connectivity index (χ4v) is 2.21. The van der Waals surface area contributed by atoms with Crippen LogP contribution in [0.1, 0.15) is 30.7 Å². The van der Waals surface area contributed by atoms with Crippen molar-refractivity contribution in [2.24, 2.45) is 0 Å². The Kier molecular flexibility index (Phi) is 4.43. The molecule has 5 nitrogen and oxygen atoms in total. The van der Waals surface area contributed by atoms with Crippen molar-refractivity contribution in [1.82, 2.24) is 15.1 Å². The molecule has 0 fully saturated rings. The third-order valence-corrected chi connectivity index (χ3v) is 3.31. The van der Waals surface area contributed by atoms with Crippen LogP contribution in [-0.4, -0.2) is 20.9 Å². The smallest absolute Gasteiger partial charge is 0.275 e. The van der Waals surface area contributed by atoms with E-state index in [2.05, 4.69) is 10.4 Å². The van der Waals surface area contributed by atoms with Gasteiger partial charge in [0.05, 0.1) is 5.69 Å². The van der Waals surface area contributed by atoms with Gasteiger partial charge in [0, 0.05) is 18.7 Å². The summed E-state index contributed by atoms with van der Waals surface area (Å²) in [6.07, 6.45) is 0. The molecular formula is C16H21N3O2. The molecule has 0 saturated heterocycles. The van der Waals surface area contributed by atoms with Crippen LogP contribution in [0.15, 0.2) is 29.1 Å². The minimum Gasteiger partial charge on any atom is -0.506 e. The summed E-state index contributed by atoms with van der Waals surface area (Å²) in [5.74, 6) is -0.0735. The van der Waals surface area contributed by atoms with Gasteiger partial charge in [0.1, 0.15) is 11.4 Å². The lowest BCUT2D eigenvalue weighted by Crippen LogP contribution is -2.27. The van der Waals surface area contributed by atoms with E-state index in [-0.39, 0.29) is 17.4 Å². The average Bonchev–Trinajstić information content (AvgIpc) is 2.39. The molecule has 0 unspecified atom stereocenters. The van der Waals surface area contributed by atoms with Crippen LogP contribution in [0.4, 0.5) is 0 Å². The number of hydrogen-bond donors (Lipinski definition) is 2. The van der Waals surface area contributed by atoms with Crippen LogP contribution in [0.2, 0.25) is 0 Å². The third kappa shape index (κ3) is 3.31. The lowest BCUT2D eigenvalue weighted by molar-refractivity contribution is 0.447. The molecule has 21 heavy (non-hydrogen) atoms. The van der Waals surface area contributed by atoms with E-state index in [4.69, 9.17) is 0 Å². The van der Waals surface area contributed by atoms with Crippen molar-refractivity contribution >= 4 is 0 Å². The second-order valence-electron chi connectivity index (χ2n) is 5.50. The Morgan fingerprint density at radius 2 is 1.90 bits per heavy atom. The van der Waals surface area contributed by atoms with Crippen LogP contribution in [0.3, 0.4) is 0 Å². The van der Waals surface area contributed by atoms with Gasteiger partial charge in [0.25, 0.3) is 5.56 Å². The molecule has 0 aliphatic rings. The molecule has 112 valence electrons. The Hall–Kier alpha value is -2.14. The Bertz CT molecular complexity index is 685. The number of nitrogens with one attached hydrogen (secondary N) is 1. The van der Waals surface area contributed by atoms with Gasteiger partial charge in [-0.15, -0.1) is 0 Å². The topological polar surface area (TPSA) is 67.2 Å². The fraction of sp³-hybridized carbons (Fsp3) is 0.375. The molecule has 0 aliphatic carbocycles. The van der Waals surface area contributed by atoms with Crippen LogP contribution in [0.25, 0.3) is 5.69 Å². The number of rotatable bonds is 4. The van der Waals surface area contributed by atoms with Crippen molar-refractivity contribution in [3.63, 3.8) is 0 Å². The van der Waals surface area contributed by atoms with Crippen LogP contribution >= 0.6 is 0 Å². The van der Waals surface area contributed by atoms with Gasteiger partial charge in [-0.2, -0.15) is 9.78 Å². The van der Waals surface area contributed by atoms with Gasteiger partial charge in [0.2, 0.25) is 0 Å². The zero-order valence-corrected chi connectivity index (χ0v) is 12.8. The Morgan fingerprint density at radius 3 is 2.48 bits per heavy atom. The highest BCUT2D eigenvalue weighted by Gasteiger charge is 2.12. The van der Waals surface area contributed by atoms with Crippen LogP contribution < -0.4 is 10.9 Å². The molecule has 0 atom stereocenters. The SMILES string of the molecule is Cc1cccc(C)c1-n1nc(CNC(C)C)c(O)cc1=O. The lowest BCUT2D eigenvalue weighted by Gasteiger charge is -2.14. The number of nitrogens with zero attached hydrogens (tertiary/aromatic N) is 2. The van der Waals surface area contributed by atoms with Crippen LogP contribution in [-0.2, 0) is 6.54 Å². The molecule has 0 amide bonds. The Morgan fingerprint density at radius 1 is 1.29 bits per heavy atom. The number of aromatic hydroxyl groups is 1. The molecule has 2 N–H and O–H groups in total. The van der Waals surface area contributed by atoms with E-state index in [9.17, 15) is 9.90 Å². The largest absolute Gasteiger partial charge is 0.506 e. The number of para-hydroxylation sites is 1. The molecule has 0 bridgehead atoms. The summed E-state index contributed by atoms with van der Waals surface area (Å²) in [5, 5.41) is 17.4. The first-order chi connectivity index (χ1) is 9.90. The highest BCUT2D eigenvalue weighted by molar-refractivity contribution is 5.46. The lowest BCUT2D eigenvalue weighted by atomic mass is 10.1. The first kappa shape index (κ1) is 15.3. The van der Waals surface area contributed by atoms with Gasteiger partial charge < -0.3 is 10.4 Å².